The number of nitrogens with zero attached hydrogens (tertiary/aromatic N) is 1. The third kappa shape index (κ3) is 5.20. The van der Waals surface area contributed by atoms with E-state index in [0.717, 1.165) is 4.47 Å². The molecular weight excluding hydrogens is 405 g/mol. The highest BCUT2D eigenvalue weighted by molar-refractivity contribution is 9.10. The molecular formula is C15H12BrCl2N3O2. The highest BCUT2D eigenvalue weighted by Crippen LogP contribution is 2.22. The van der Waals surface area contributed by atoms with Gasteiger partial charge in [0, 0.05) is 35.5 Å². The fraction of sp³-hybridized carbons (Fsp3) is 0.133. The van der Waals surface area contributed by atoms with Crippen molar-refractivity contribution < 1.29 is 9.59 Å². The zero-order valence-corrected chi connectivity index (χ0v) is 14.9. The van der Waals surface area contributed by atoms with E-state index in [1.807, 2.05) is 0 Å². The molecule has 2 rings (SSSR count). The van der Waals surface area contributed by atoms with Crippen molar-refractivity contribution in [3.8, 4) is 0 Å². The molecule has 1 aromatic carbocycles. The standard InChI is InChI=1S/C15H12BrCl2N3O2/c16-11-5-10(7-19-8-11)15(23)21-4-3-20-14(22)9-1-2-12(17)13(18)6-9/h1-2,5-8H,3-4H2,(H,20,22)(H,21,23). The predicted molar refractivity (Wildman–Crippen MR) is 93.1 cm³/mol. The predicted octanol–water partition coefficient (Wildman–Crippen LogP) is 3.31. The summed E-state index contributed by atoms with van der Waals surface area (Å²) in [6.07, 6.45) is 3.06. The summed E-state index contributed by atoms with van der Waals surface area (Å²) < 4.78 is 0.720. The summed E-state index contributed by atoms with van der Waals surface area (Å²) in [6.45, 7) is 0.574. The van der Waals surface area contributed by atoms with Crippen LogP contribution in [0.3, 0.4) is 0 Å². The molecule has 23 heavy (non-hydrogen) atoms. The van der Waals surface area contributed by atoms with Crippen LogP contribution in [0.5, 0.6) is 0 Å². The van der Waals surface area contributed by atoms with Gasteiger partial charge in [-0.15, -0.1) is 0 Å². The summed E-state index contributed by atoms with van der Waals surface area (Å²) in [5, 5.41) is 6.08. The molecule has 2 amide bonds. The molecule has 0 bridgehead atoms. The van der Waals surface area contributed by atoms with Gasteiger partial charge in [-0.05, 0) is 40.2 Å². The molecule has 0 aliphatic carbocycles. The van der Waals surface area contributed by atoms with Crippen LogP contribution in [0.25, 0.3) is 0 Å². The molecule has 1 heterocycles. The Morgan fingerprint density at radius 2 is 1.61 bits per heavy atom. The number of pyridine rings is 1. The quantitative estimate of drug-likeness (QED) is 0.734. The molecule has 2 N–H and O–H groups in total. The first-order valence-corrected chi connectivity index (χ1v) is 8.14. The Kier molecular flexibility index (Phi) is 6.38. The number of hydrogen-bond donors (Lipinski definition) is 2. The number of carbonyl (C=O) groups is 2. The van der Waals surface area contributed by atoms with E-state index in [4.69, 9.17) is 23.2 Å². The minimum Gasteiger partial charge on any atom is -0.350 e. The molecule has 0 atom stereocenters. The number of benzene rings is 1. The van der Waals surface area contributed by atoms with E-state index < -0.39 is 0 Å². The maximum Gasteiger partial charge on any atom is 0.252 e. The van der Waals surface area contributed by atoms with Crippen LogP contribution in [0.4, 0.5) is 0 Å². The van der Waals surface area contributed by atoms with Crippen LogP contribution in [0.2, 0.25) is 10.0 Å². The van der Waals surface area contributed by atoms with E-state index in [2.05, 4.69) is 31.5 Å². The Bertz CT molecular complexity index is 740. The maximum absolute atomic E-state index is 11.9. The molecule has 1 aromatic heterocycles. The van der Waals surface area contributed by atoms with Crippen molar-refractivity contribution in [2.24, 2.45) is 0 Å². The number of carbonyl (C=O) groups excluding carboxylic acids is 2. The van der Waals surface area contributed by atoms with Crippen molar-refractivity contribution in [2.45, 2.75) is 0 Å². The molecule has 0 spiro atoms. The van der Waals surface area contributed by atoms with E-state index in [1.54, 1.807) is 24.4 Å². The second-order valence-corrected chi connectivity index (χ2v) is 6.26. The molecule has 0 radical (unpaired) electrons. The molecule has 0 aliphatic rings. The Balaban J connectivity index is 1.79. The second kappa shape index (κ2) is 8.29. The van der Waals surface area contributed by atoms with Crippen molar-refractivity contribution in [2.75, 3.05) is 13.1 Å². The van der Waals surface area contributed by atoms with E-state index in [0.29, 0.717) is 27.7 Å². The van der Waals surface area contributed by atoms with Gasteiger partial charge in [0.05, 0.1) is 15.6 Å². The van der Waals surface area contributed by atoms with E-state index in [1.165, 1.54) is 12.3 Å². The van der Waals surface area contributed by atoms with Gasteiger partial charge in [-0.2, -0.15) is 0 Å². The van der Waals surface area contributed by atoms with Crippen LogP contribution in [0.15, 0.2) is 41.1 Å². The molecule has 0 unspecified atom stereocenters. The molecule has 0 aliphatic heterocycles. The van der Waals surface area contributed by atoms with Gasteiger partial charge < -0.3 is 10.6 Å². The molecule has 120 valence electrons. The topological polar surface area (TPSA) is 71.1 Å². The van der Waals surface area contributed by atoms with Gasteiger partial charge in [0.2, 0.25) is 0 Å². The van der Waals surface area contributed by atoms with Crippen molar-refractivity contribution in [3.05, 3.63) is 62.3 Å². The lowest BCUT2D eigenvalue weighted by Gasteiger charge is -2.08. The summed E-state index contributed by atoms with van der Waals surface area (Å²) >= 11 is 14.9. The van der Waals surface area contributed by atoms with Gasteiger partial charge in [0.1, 0.15) is 0 Å². The van der Waals surface area contributed by atoms with Gasteiger partial charge >= 0.3 is 0 Å². The maximum atomic E-state index is 11.9. The molecule has 0 saturated carbocycles. The van der Waals surface area contributed by atoms with Crippen LogP contribution in [0.1, 0.15) is 20.7 Å². The number of hydrogen-bond acceptors (Lipinski definition) is 3. The first-order valence-electron chi connectivity index (χ1n) is 6.59. The Morgan fingerprint density at radius 3 is 2.22 bits per heavy atom. The van der Waals surface area contributed by atoms with E-state index >= 15 is 0 Å². The monoisotopic (exact) mass is 415 g/mol. The summed E-state index contributed by atoms with van der Waals surface area (Å²) in [5.74, 6) is -0.551. The number of aromatic nitrogens is 1. The van der Waals surface area contributed by atoms with Crippen molar-refractivity contribution in [1.29, 1.82) is 0 Å². The Labute approximate surface area is 151 Å². The normalized spacial score (nSPS) is 10.2. The van der Waals surface area contributed by atoms with Crippen molar-refractivity contribution in [1.82, 2.24) is 15.6 Å². The van der Waals surface area contributed by atoms with Gasteiger partial charge in [0.25, 0.3) is 11.8 Å². The van der Waals surface area contributed by atoms with Crippen LogP contribution in [-0.4, -0.2) is 29.9 Å². The summed E-state index contributed by atoms with van der Waals surface area (Å²) in [4.78, 5) is 27.7. The van der Waals surface area contributed by atoms with Crippen molar-refractivity contribution in [3.63, 3.8) is 0 Å². The minimum atomic E-state index is -0.290. The highest BCUT2D eigenvalue weighted by atomic mass is 79.9. The Morgan fingerprint density at radius 1 is 0.957 bits per heavy atom. The molecule has 8 heteroatoms. The third-order valence-electron chi connectivity index (χ3n) is 2.84. The van der Waals surface area contributed by atoms with Crippen LogP contribution >= 0.6 is 39.1 Å². The summed E-state index contributed by atoms with van der Waals surface area (Å²) in [7, 11) is 0. The summed E-state index contributed by atoms with van der Waals surface area (Å²) in [5.41, 5.74) is 0.845. The van der Waals surface area contributed by atoms with E-state index in [9.17, 15) is 9.59 Å². The van der Waals surface area contributed by atoms with Crippen LogP contribution in [0, 0.1) is 0 Å². The molecule has 2 aromatic rings. The first kappa shape index (κ1) is 17.7. The number of amides is 2. The van der Waals surface area contributed by atoms with Crippen LogP contribution in [-0.2, 0) is 0 Å². The number of rotatable bonds is 5. The Hall–Kier alpha value is -1.63. The highest BCUT2D eigenvalue weighted by Gasteiger charge is 2.09. The molecule has 0 saturated heterocycles. The van der Waals surface area contributed by atoms with Gasteiger partial charge in [-0.3, -0.25) is 14.6 Å². The lowest BCUT2D eigenvalue weighted by atomic mass is 10.2. The zero-order valence-electron chi connectivity index (χ0n) is 11.8. The number of halogens is 3. The molecule has 5 nitrogen and oxygen atoms in total. The zero-order chi connectivity index (χ0) is 16.8. The SMILES string of the molecule is O=C(NCCNC(=O)c1ccc(Cl)c(Cl)c1)c1cncc(Br)c1. The van der Waals surface area contributed by atoms with Gasteiger partial charge in [-0.25, -0.2) is 0 Å². The number of nitrogens with one attached hydrogen (secondary N) is 2. The van der Waals surface area contributed by atoms with Gasteiger partial charge in [-0.1, -0.05) is 23.2 Å². The second-order valence-electron chi connectivity index (χ2n) is 4.53. The average Bonchev–Trinajstić information content (AvgIpc) is 2.53. The van der Waals surface area contributed by atoms with Crippen molar-refractivity contribution >= 4 is 50.9 Å². The van der Waals surface area contributed by atoms with Crippen LogP contribution < -0.4 is 10.6 Å². The summed E-state index contributed by atoms with van der Waals surface area (Å²) in [6, 6.07) is 6.29. The molecule has 0 fully saturated rings. The fourth-order valence-electron chi connectivity index (χ4n) is 1.73. The lowest BCUT2D eigenvalue weighted by Crippen LogP contribution is -2.34. The first-order chi connectivity index (χ1) is 11.0. The van der Waals surface area contributed by atoms with Gasteiger partial charge in [0.15, 0.2) is 0 Å². The fourth-order valence-corrected chi connectivity index (χ4v) is 2.39. The minimum absolute atomic E-state index is 0.261. The average molecular weight is 417 g/mol. The lowest BCUT2D eigenvalue weighted by molar-refractivity contribution is 0.0927. The third-order valence-corrected chi connectivity index (χ3v) is 4.02. The van der Waals surface area contributed by atoms with E-state index in [-0.39, 0.29) is 18.4 Å². The smallest absolute Gasteiger partial charge is 0.252 e. The largest absolute Gasteiger partial charge is 0.350 e.